The maximum Gasteiger partial charge on any atom is 0.242 e. The molecule has 0 aromatic heterocycles. The number of fused-ring (bicyclic) bond motifs is 1. The Morgan fingerprint density at radius 3 is 2.79 bits per heavy atom. The van der Waals surface area contributed by atoms with Crippen LogP contribution >= 0.6 is 11.6 Å². The Morgan fingerprint density at radius 2 is 2.04 bits per heavy atom. The minimum absolute atomic E-state index is 0.00875. The Morgan fingerprint density at radius 1 is 1.29 bits per heavy atom. The first-order valence-corrected chi connectivity index (χ1v) is 9.51. The summed E-state index contributed by atoms with van der Waals surface area (Å²) in [5.74, 6) is 0. The summed E-state index contributed by atoms with van der Waals surface area (Å²) in [5.41, 5.74) is 3.02. The molecule has 0 fully saturated rings. The van der Waals surface area contributed by atoms with Crippen LogP contribution in [0.15, 0.2) is 47.4 Å². The maximum atomic E-state index is 12.3. The quantitative estimate of drug-likeness (QED) is 0.852. The highest BCUT2D eigenvalue weighted by Crippen LogP contribution is 2.29. The lowest BCUT2D eigenvalue weighted by Gasteiger charge is -2.16. The molecule has 2 aromatic carbocycles. The van der Waals surface area contributed by atoms with E-state index in [1.807, 2.05) is 25.2 Å². The van der Waals surface area contributed by atoms with Gasteiger partial charge in [-0.2, -0.15) is 0 Å². The van der Waals surface area contributed by atoms with Gasteiger partial charge in [-0.05, 0) is 35.7 Å². The summed E-state index contributed by atoms with van der Waals surface area (Å²) >= 11 is 5.93. The van der Waals surface area contributed by atoms with Crippen LogP contribution in [0.1, 0.15) is 17.2 Å². The van der Waals surface area contributed by atoms with Crippen LogP contribution in [0.4, 0.5) is 5.69 Å². The van der Waals surface area contributed by atoms with E-state index in [1.54, 1.807) is 12.1 Å². The number of nitrogens with one attached hydrogen (secondary N) is 1. The predicted molar refractivity (Wildman–Crippen MR) is 95.0 cm³/mol. The Kier molecular flexibility index (Phi) is 4.83. The molecular weight excluding hydrogens is 348 g/mol. The molecule has 1 unspecified atom stereocenters. The average Bonchev–Trinajstić information content (AvgIpc) is 2.93. The molecular formula is C17H19ClN2O3S. The molecule has 0 radical (unpaired) electrons. The van der Waals surface area contributed by atoms with Crippen molar-refractivity contribution in [2.75, 3.05) is 25.0 Å². The number of aliphatic hydroxyl groups excluding tert-OH is 1. The van der Waals surface area contributed by atoms with Crippen LogP contribution in [0, 0.1) is 0 Å². The fourth-order valence-electron chi connectivity index (χ4n) is 2.84. The number of halogens is 1. The van der Waals surface area contributed by atoms with Gasteiger partial charge >= 0.3 is 0 Å². The maximum absolute atomic E-state index is 12.3. The molecule has 0 saturated carbocycles. The van der Waals surface area contributed by atoms with Gasteiger partial charge in [-0.3, -0.25) is 0 Å². The van der Waals surface area contributed by atoms with Crippen molar-refractivity contribution in [3.8, 4) is 0 Å². The second-order valence-electron chi connectivity index (χ2n) is 5.86. The first-order valence-electron chi connectivity index (χ1n) is 7.65. The molecule has 24 heavy (non-hydrogen) atoms. The third-order valence-electron chi connectivity index (χ3n) is 4.21. The van der Waals surface area contributed by atoms with Crippen LogP contribution in [0.3, 0.4) is 0 Å². The summed E-state index contributed by atoms with van der Waals surface area (Å²) in [6.07, 6.45) is 0.0102. The van der Waals surface area contributed by atoms with Crippen molar-refractivity contribution < 1.29 is 13.5 Å². The predicted octanol–water partition coefficient (Wildman–Crippen LogP) is 2.34. The molecule has 1 atom stereocenters. The van der Waals surface area contributed by atoms with E-state index in [1.165, 1.54) is 17.7 Å². The summed E-state index contributed by atoms with van der Waals surface area (Å²) < 4.78 is 27.0. The summed E-state index contributed by atoms with van der Waals surface area (Å²) in [7, 11) is -1.74. The monoisotopic (exact) mass is 366 g/mol. The molecule has 0 saturated heterocycles. The first-order chi connectivity index (χ1) is 11.4. The third kappa shape index (κ3) is 3.42. The minimum Gasteiger partial charge on any atom is -0.387 e. The van der Waals surface area contributed by atoms with E-state index in [0.29, 0.717) is 5.56 Å². The molecule has 0 spiro atoms. The molecule has 1 aliphatic heterocycles. The third-order valence-corrected chi connectivity index (χ3v) is 6.13. The minimum atomic E-state index is -3.76. The van der Waals surface area contributed by atoms with Crippen LogP contribution in [-0.2, 0) is 16.4 Å². The fourth-order valence-corrected chi connectivity index (χ4v) is 4.40. The standard InChI is InChI=1S/C17H19ClN2O3S/c1-20-9-8-12-10-13(6-7-15(12)20)16(21)11-19-24(22,23)17-5-3-2-4-14(17)18/h2-7,10,16,19,21H,8-9,11H2,1H3. The molecule has 0 amide bonds. The summed E-state index contributed by atoms with van der Waals surface area (Å²) in [6.45, 7) is 0.843. The molecule has 2 N–H and O–H groups in total. The highest BCUT2D eigenvalue weighted by Gasteiger charge is 2.21. The molecule has 2 aromatic rings. The summed E-state index contributed by atoms with van der Waals surface area (Å²) in [4.78, 5) is 2.17. The number of rotatable bonds is 5. The summed E-state index contributed by atoms with van der Waals surface area (Å²) in [5, 5.41) is 10.5. The second kappa shape index (κ2) is 6.72. The van der Waals surface area contributed by atoms with Gasteiger partial charge in [0.2, 0.25) is 10.0 Å². The number of hydrogen-bond acceptors (Lipinski definition) is 4. The lowest BCUT2D eigenvalue weighted by molar-refractivity contribution is 0.182. The number of nitrogens with zero attached hydrogens (tertiary/aromatic N) is 1. The van der Waals surface area contributed by atoms with E-state index in [9.17, 15) is 13.5 Å². The van der Waals surface area contributed by atoms with E-state index in [2.05, 4.69) is 9.62 Å². The van der Waals surface area contributed by atoms with E-state index in [4.69, 9.17) is 11.6 Å². The lowest BCUT2D eigenvalue weighted by atomic mass is 10.0. The van der Waals surface area contributed by atoms with Gasteiger partial charge in [-0.15, -0.1) is 0 Å². The molecule has 7 heteroatoms. The number of hydrogen-bond donors (Lipinski definition) is 2. The number of aliphatic hydroxyl groups is 1. The zero-order valence-electron chi connectivity index (χ0n) is 13.2. The number of likely N-dealkylation sites (N-methyl/N-ethyl adjacent to an activating group) is 1. The number of anilines is 1. The SMILES string of the molecule is CN1CCc2cc(C(O)CNS(=O)(=O)c3ccccc3Cl)ccc21. The van der Waals surface area contributed by atoms with Crippen LogP contribution < -0.4 is 9.62 Å². The molecule has 1 aliphatic rings. The van der Waals surface area contributed by atoms with Gasteiger partial charge in [0.1, 0.15) is 4.90 Å². The van der Waals surface area contributed by atoms with Crippen molar-refractivity contribution >= 4 is 27.3 Å². The highest BCUT2D eigenvalue weighted by molar-refractivity contribution is 7.89. The smallest absolute Gasteiger partial charge is 0.242 e. The van der Waals surface area contributed by atoms with Gasteiger partial charge in [0.05, 0.1) is 11.1 Å². The molecule has 128 valence electrons. The normalized spacial score (nSPS) is 15.4. The Hall–Kier alpha value is -1.60. The van der Waals surface area contributed by atoms with Gasteiger partial charge in [0.15, 0.2) is 0 Å². The number of benzene rings is 2. The summed E-state index contributed by atoms with van der Waals surface area (Å²) in [6, 6.07) is 11.9. The Labute approximate surface area is 146 Å². The van der Waals surface area contributed by atoms with Crippen LogP contribution in [-0.4, -0.2) is 33.7 Å². The molecule has 3 rings (SSSR count). The largest absolute Gasteiger partial charge is 0.387 e. The fraction of sp³-hybridized carbons (Fsp3) is 0.294. The zero-order valence-corrected chi connectivity index (χ0v) is 14.8. The van der Waals surface area contributed by atoms with Crippen LogP contribution in [0.2, 0.25) is 5.02 Å². The average molecular weight is 367 g/mol. The highest BCUT2D eigenvalue weighted by atomic mass is 35.5. The van der Waals surface area contributed by atoms with Crippen molar-refractivity contribution in [2.45, 2.75) is 17.4 Å². The van der Waals surface area contributed by atoms with Crippen molar-refractivity contribution in [1.29, 1.82) is 0 Å². The van der Waals surface area contributed by atoms with E-state index in [0.717, 1.165) is 18.7 Å². The zero-order chi connectivity index (χ0) is 17.3. The Bertz CT molecular complexity index is 855. The Balaban J connectivity index is 1.72. The van der Waals surface area contributed by atoms with Crippen molar-refractivity contribution in [3.05, 3.63) is 58.6 Å². The van der Waals surface area contributed by atoms with Gasteiger partial charge in [0.25, 0.3) is 0 Å². The molecule has 0 bridgehead atoms. The topological polar surface area (TPSA) is 69.6 Å². The van der Waals surface area contributed by atoms with Gasteiger partial charge in [0, 0.05) is 25.8 Å². The van der Waals surface area contributed by atoms with Gasteiger partial charge in [-0.25, -0.2) is 13.1 Å². The molecule has 0 aliphatic carbocycles. The lowest BCUT2D eigenvalue weighted by Crippen LogP contribution is -2.28. The van der Waals surface area contributed by atoms with E-state index >= 15 is 0 Å². The van der Waals surface area contributed by atoms with Crippen molar-refractivity contribution in [2.24, 2.45) is 0 Å². The van der Waals surface area contributed by atoms with E-state index < -0.39 is 16.1 Å². The van der Waals surface area contributed by atoms with Crippen LogP contribution in [0.25, 0.3) is 0 Å². The van der Waals surface area contributed by atoms with Gasteiger partial charge in [-0.1, -0.05) is 35.9 Å². The molecule has 5 nitrogen and oxygen atoms in total. The van der Waals surface area contributed by atoms with Crippen molar-refractivity contribution in [1.82, 2.24) is 4.72 Å². The van der Waals surface area contributed by atoms with E-state index in [-0.39, 0.29) is 16.5 Å². The first kappa shape index (κ1) is 17.2. The van der Waals surface area contributed by atoms with Crippen LogP contribution in [0.5, 0.6) is 0 Å². The van der Waals surface area contributed by atoms with Crippen molar-refractivity contribution in [3.63, 3.8) is 0 Å². The second-order valence-corrected chi connectivity index (χ2v) is 8.00. The van der Waals surface area contributed by atoms with Gasteiger partial charge < -0.3 is 10.0 Å². The molecule has 1 heterocycles. The number of sulfonamides is 1.